The molecule has 1 aliphatic rings. The summed E-state index contributed by atoms with van der Waals surface area (Å²) in [4.78, 5) is 16.9. The van der Waals surface area contributed by atoms with Crippen molar-refractivity contribution >= 4 is 46.2 Å². The number of nitrogens with one attached hydrogen (secondary N) is 1. The minimum atomic E-state index is -0.233. The molecule has 0 saturated carbocycles. The van der Waals surface area contributed by atoms with Crippen molar-refractivity contribution in [2.45, 2.75) is 6.92 Å². The maximum Gasteiger partial charge on any atom is 0.264 e. The third-order valence-electron chi connectivity index (χ3n) is 3.18. The number of aliphatic imine (C=N–C) groups is 1. The van der Waals surface area contributed by atoms with Crippen molar-refractivity contribution in [3.8, 4) is 5.75 Å². The third kappa shape index (κ3) is 3.75. The number of aryl methyl sites for hydroxylation is 1. The summed E-state index contributed by atoms with van der Waals surface area (Å²) in [5, 5.41) is 13.7. The number of hydrogen-bond acceptors (Lipinski definition) is 4. The first-order chi connectivity index (χ1) is 11.0. The number of aromatic hydroxyl groups is 1. The molecule has 1 aliphatic heterocycles. The molecule has 2 aromatic carbocycles. The molecule has 2 aromatic rings. The number of carbonyl (C=O) groups is 1. The predicted molar refractivity (Wildman–Crippen MR) is 95.1 cm³/mol. The van der Waals surface area contributed by atoms with Crippen LogP contribution in [0.1, 0.15) is 11.1 Å². The van der Waals surface area contributed by atoms with Crippen LogP contribution in [0.3, 0.4) is 0 Å². The molecule has 0 aliphatic carbocycles. The summed E-state index contributed by atoms with van der Waals surface area (Å²) >= 11 is 7.07. The zero-order valence-corrected chi connectivity index (χ0v) is 13.8. The Bertz CT molecular complexity index is 829. The van der Waals surface area contributed by atoms with Crippen molar-refractivity contribution in [2.24, 2.45) is 4.99 Å². The van der Waals surface area contributed by atoms with Gasteiger partial charge in [-0.15, -0.1) is 0 Å². The maximum absolute atomic E-state index is 12.0. The molecule has 0 atom stereocenters. The number of thioether (sulfide) groups is 1. The Morgan fingerprint density at radius 2 is 1.96 bits per heavy atom. The van der Waals surface area contributed by atoms with E-state index in [1.54, 1.807) is 36.4 Å². The largest absolute Gasteiger partial charge is 0.507 e. The van der Waals surface area contributed by atoms with Gasteiger partial charge >= 0.3 is 0 Å². The minimum absolute atomic E-state index is 0.139. The molecule has 6 heteroatoms. The van der Waals surface area contributed by atoms with Crippen LogP contribution in [-0.4, -0.2) is 16.2 Å². The molecule has 0 bridgehead atoms. The van der Waals surface area contributed by atoms with Gasteiger partial charge < -0.3 is 10.4 Å². The molecule has 23 heavy (non-hydrogen) atoms. The van der Waals surface area contributed by atoms with Gasteiger partial charge in [-0.05, 0) is 61.2 Å². The van der Waals surface area contributed by atoms with Gasteiger partial charge in [0.2, 0.25) is 0 Å². The average molecular weight is 345 g/mol. The van der Waals surface area contributed by atoms with Crippen molar-refractivity contribution < 1.29 is 9.90 Å². The lowest BCUT2D eigenvalue weighted by molar-refractivity contribution is -0.115. The van der Waals surface area contributed by atoms with E-state index in [4.69, 9.17) is 11.6 Å². The number of amides is 1. The third-order valence-corrected chi connectivity index (χ3v) is 4.34. The Kier molecular flexibility index (Phi) is 4.41. The monoisotopic (exact) mass is 344 g/mol. The highest BCUT2D eigenvalue weighted by Crippen LogP contribution is 2.30. The second-order valence-corrected chi connectivity index (χ2v) is 6.49. The first-order valence-electron chi connectivity index (χ1n) is 6.86. The number of nitrogens with zero attached hydrogens (tertiary/aromatic N) is 1. The number of hydrogen-bond donors (Lipinski definition) is 2. The van der Waals surface area contributed by atoms with Crippen LogP contribution in [0.4, 0.5) is 5.69 Å². The van der Waals surface area contributed by atoms with Crippen LogP contribution in [0.25, 0.3) is 6.08 Å². The Hall–Kier alpha value is -2.24. The normalized spacial score (nSPS) is 17.7. The lowest BCUT2D eigenvalue weighted by Gasteiger charge is -2.01. The van der Waals surface area contributed by atoms with Gasteiger partial charge in [-0.2, -0.15) is 0 Å². The molecule has 116 valence electrons. The fourth-order valence-electron chi connectivity index (χ4n) is 2.04. The van der Waals surface area contributed by atoms with Crippen LogP contribution in [0.5, 0.6) is 5.75 Å². The molecule has 0 radical (unpaired) electrons. The van der Waals surface area contributed by atoms with Crippen molar-refractivity contribution in [2.75, 3.05) is 0 Å². The molecule has 0 unspecified atom stereocenters. The molecule has 2 N–H and O–H groups in total. The Morgan fingerprint density at radius 1 is 1.22 bits per heavy atom. The van der Waals surface area contributed by atoms with E-state index in [2.05, 4.69) is 10.3 Å². The van der Waals surface area contributed by atoms with Gasteiger partial charge in [0.15, 0.2) is 5.17 Å². The Balaban J connectivity index is 1.86. The van der Waals surface area contributed by atoms with Gasteiger partial charge in [0.05, 0.1) is 10.6 Å². The summed E-state index contributed by atoms with van der Waals surface area (Å²) < 4.78 is 0. The van der Waals surface area contributed by atoms with Crippen LogP contribution in [0.2, 0.25) is 5.02 Å². The fraction of sp³-hybridized carbons (Fsp3) is 0.0588. The van der Waals surface area contributed by atoms with Gasteiger partial charge in [-0.1, -0.05) is 23.2 Å². The standard InChI is InChI=1S/C17H13ClN2O2S/c1-10-2-7-14(21)11(8-10)9-15-16(22)20-17(23-15)19-13-5-3-12(18)4-6-13/h2-9,21H,1H3,(H,19,20,22). The van der Waals surface area contributed by atoms with Crippen molar-refractivity contribution in [3.05, 3.63) is 63.5 Å². The van der Waals surface area contributed by atoms with Crippen LogP contribution in [0, 0.1) is 6.92 Å². The van der Waals surface area contributed by atoms with Crippen LogP contribution in [0.15, 0.2) is 52.4 Å². The number of phenolic OH excluding ortho intramolecular Hbond substituents is 1. The van der Waals surface area contributed by atoms with Gasteiger partial charge in [0.1, 0.15) is 5.75 Å². The summed E-state index contributed by atoms with van der Waals surface area (Å²) in [6.45, 7) is 1.93. The molecular weight excluding hydrogens is 332 g/mol. The Labute approximate surface area is 142 Å². The molecule has 0 aromatic heterocycles. The highest BCUT2D eigenvalue weighted by molar-refractivity contribution is 8.18. The SMILES string of the molecule is Cc1ccc(O)c(C=C2SC(=Nc3ccc(Cl)cc3)NC2=O)c1. The first kappa shape index (κ1) is 15.6. The minimum Gasteiger partial charge on any atom is -0.507 e. The maximum atomic E-state index is 12.0. The molecule has 4 nitrogen and oxygen atoms in total. The van der Waals surface area contributed by atoms with E-state index in [0.29, 0.717) is 26.3 Å². The molecule has 1 fully saturated rings. The van der Waals surface area contributed by atoms with E-state index in [9.17, 15) is 9.90 Å². The van der Waals surface area contributed by atoms with E-state index in [1.165, 1.54) is 11.8 Å². The van der Waals surface area contributed by atoms with Gasteiger partial charge in [0, 0.05) is 10.6 Å². The highest BCUT2D eigenvalue weighted by Gasteiger charge is 2.24. The quantitative estimate of drug-likeness (QED) is 0.801. The average Bonchev–Trinajstić information content (AvgIpc) is 2.85. The number of halogens is 1. The van der Waals surface area contributed by atoms with E-state index in [-0.39, 0.29) is 11.7 Å². The molecule has 3 rings (SSSR count). The number of benzene rings is 2. The second-order valence-electron chi connectivity index (χ2n) is 5.02. The van der Waals surface area contributed by atoms with Crippen LogP contribution >= 0.6 is 23.4 Å². The molecule has 1 heterocycles. The van der Waals surface area contributed by atoms with Crippen LogP contribution in [-0.2, 0) is 4.79 Å². The Morgan fingerprint density at radius 3 is 2.70 bits per heavy atom. The number of phenols is 1. The summed E-state index contributed by atoms with van der Waals surface area (Å²) in [5.74, 6) is -0.0943. The lowest BCUT2D eigenvalue weighted by atomic mass is 10.1. The molecule has 1 saturated heterocycles. The fourth-order valence-corrected chi connectivity index (χ4v) is 3.00. The van der Waals surface area contributed by atoms with Crippen molar-refractivity contribution in [1.82, 2.24) is 5.32 Å². The predicted octanol–water partition coefficient (Wildman–Crippen LogP) is 4.25. The second kappa shape index (κ2) is 6.48. The number of rotatable bonds is 2. The molecule has 0 spiro atoms. The van der Waals surface area contributed by atoms with Gasteiger partial charge in [-0.3, -0.25) is 4.79 Å². The number of carbonyl (C=O) groups excluding carboxylic acids is 1. The van der Waals surface area contributed by atoms with Crippen molar-refractivity contribution in [1.29, 1.82) is 0 Å². The zero-order chi connectivity index (χ0) is 16.4. The van der Waals surface area contributed by atoms with Gasteiger partial charge in [-0.25, -0.2) is 4.99 Å². The van der Waals surface area contributed by atoms with E-state index in [1.807, 2.05) is 19.1 Å². The zero-order valence-electron chi connectivity index (χ0n) is 12.2. The molecular formula is C17H13ClN2O2S. The highest BCUT2D eigenvalue weighted by atomic mass is 35.5. The van der Waals surface area contributed by atoms with E-state index >= 15 is 0 Å². The van der Waals surface area contributed by atoms with Gasteiger partial charge in [0.25, 0.3) is 5.91 Å². The van der Waals surface area contributed by atoms with E-state index < -0.39 is 0 Å². The summed E-state index contributed by atoms with van der Waals surface area (Å²) in [5.41, 5.74) is 2.32. The summed E-state index contributed by atoms with van der Waals surface area (Å²) in [6.07, 6.45) is 1.66. The van der Waals surface area contributed by atoms with E-state index in [0.717, 1.165) is 5.56 Å². The van der Waals surface area contributed by atoms with Crippen molar-refractivity contribution in [3.63, 3.8) is 0 Å². The lowest BCUT2D eigenvalue weighted by Crippen LogP contribution is -2.19. The first-order valence-corrected chi connectivity index (χ1v) is 8.05. The summed E-state index contributed by atoms with van der Waals surface area (Å²) in [6, 6.07) is 12.3. The smallest absolute Gasteiger partial charge is 0.264 e. The number of amidine groups is 1. The molecule has 1 amide bonds. The topological polar surface area (TPSA) is 61.7 Å². The van der Waals surface area contributed by atoms with Crippen LogP contribution < -0.4 is 5.32 Å². The summed E-state index contributed by atoms with van der Waals surface area (Å²) in [7, 11) is 0.